The molecule has 2 N–H and O–H groups in total. The molecule has 29 heavy (non-hydrogen) atoms. The molecule has 1 atom stereocenters. The number of benzene rings is 3. The van der Waals surface area contributed by atoms with Gasteiger partial charge in [-0.1, -0.05) is 54.6 Å². The molecule has 0 fully saturated rings. The maximum atomic E-state index is 13.3. The summed E-state index contributed by atoms with van der Waals surface area (Å²) in [5.41, 5.74) is 4.42. The predicted octanol–water partition coefficient (Wildman–Crippen LogP) is 4.45. The molecule has 0 saturated heterocycles. The van der Waals surface area contributed by atoms with E-state index in [0.29, 0.717) is 12.1 Å². The highest BCUT2D eigenvalue weighted by Gasteiger charge is 2.32. The van der Waals surface area contributed by atoms with Gasteiger partial charge in [0.05, 0.1) is 5.56 Å². The fourth-order valence-electron chi connectivity index (χ4n) is 3.63. The third-order valence-corrected chi connectivity index (χ3v) is 5.05. The summed E-state index contributed by atoms with van der Waals surface area (Å²) in [6, 6.07) is 25.4. The van der Waals surface area contributed by atoms with Crippen LogP contribution in [0, 0.1) is 0 Å². The lowest BCUT2D eigenvalue weighted by Gasteiger charge is -2.38. The van der Waals surface area contributed by atoms with Gasteiger partial charge in [-0.25, -0.2) is 0 Å². The molecule has 2 amide bonds. The van der Waals surface area contributed by atoms with E-state index in [-0.39, 0.29) is 18.0 Å². The number of nitrogens with zero attached hydrogens (tertiary/aromatic N) is 1. The molecule has 0 unspecified atom stereocenters. The van der Waals surface area contributed by atoms with Gasteiger partial charge in [0.15, 0.2) is 0 Å². The largest absolute Gasteiger partial charge is 0.361 e. The molecule has 0 aliphatic carbocycles. The van der Waals surface area contributed by atoms with Crippen molar-refractivity contribution in [3.63, 3.8) is 0 Å². The van der Waals surface area contributed by atoms with E-state index >= 15 is 0 Å². The van der Waals surface area contributed by atoms with Gasteiger partial charge in [-0.3, -0.25) is 9.59 Å². The zero-order chi connectivity index (χ0) is 20.2. The lowest BCUT2D eigenvalue weighted by Crippen LogP contribution is -2.44. The van der Waals surface area contributed by atoms with Crippen molar-refractivity contribution in [2.75, 3.05) is 17.2 Å². The highest BCUT2D eigenvalue weighted by atomic mass is 16.2. The van der Waals surface area contributed by atoms with Crippen LogP contribution in [-0.4, -0.2) is 23.3 Å². The third-order valence-electron chi connectivity index (χ3n) is 5.05. The summed E-state index contributed by atoms with van der Waals surface area (Å²) >= 11 is 0. The fourth-order valence-corrected chi connectivity index (χ4v) is 3.63. The molecule has 5 nitrogen and oxygen atoms in total. The first-order valence-electron chi connectivity index (χ1n) is 9.70. The van der Waals surface area contributed by atoms with Crippen LogP contribution in [0.4, 0.5) is 11.4 Å². The van der Waals surface area contributed by atoms with E-state index in [4.69, 9.17) is 0 Å². The smallest absolute Gasteiger partial charge is 0.257 e. The Kier molecular flexibility index (Phi) is 5.29. The molecular weight excluding hydrogens is 362 g/mol. The van der Waals surface area contributed by atoms with Crippen molar-refractivity contribution in [2.24, 2.45) is 0 Å². The number of hydrogen-bond acceptors (Lipinski definition) is 3. The number of amides is 2. The predicted molar refractivity (Wildman–Crippen MR) is 115 cm³/mol. The van der Waals surface area contributed by atoms with Crippen LogP contribution in [0.2, 0.25) is 0 Å². The van der Waals surface area contributed by atoms with E-state index in [1.54, 1.807) is 0 Å². The van der Waals surface area contributed by atoms with Gasteiger partial charge in [-0.15, -0.1) is 0 Å². The summed E-state index contributed by atoms with van der Waals surface area (Å²) < 4.78 is 0. The Hall–Kier alpha value is -3.60. The van der Waals surface area contributed by atoms with Gasteiger partial charge in [-0.05, 0) is 41.8 Å². The van der Waals surface area contributed by atoms with E-state index in [0.717, 1.165) is 23.4 Å². The standard InChI is InChI=1S/C24H23N3O2/c1-17(28)25-20-13-11-19(12-14-20)23-26-22-10-6-5-9-21(22)24(29)27(23)16-15-18-7-3-2-4-8-18/h2-14,23,26H,15-16H2,1H3,(H,25,28)/t23-/m1/s1. The van der Waals surface area contributed by atoms with Gasteiger partial charge in [0.2, 0.25) is 5.91 Å². The molecule has 146 valence electrons. The van der Waals surface area contributed by atoms with E-state index in [1.807, 2.05) is 71.6 Å². The van der Waals surface area contributed by atoms with Crippen LogP contribution in [0.15, 0.2) is 78.9 Å². The second-order valence-corrected chi connectivity index (χ2v) is 7.13. The van der Waals surface area contributed by atoms with Crippen LogP contribution in [0.25, 0.3) is 0 Å². The lowest BCUT2D eigenvalue weighted by atomic mass is 10.0. The summed E-state index contributed by atoms with van der Waals surface area (Å²) in [5.74, 6) is -0.0895. The number of fused-ring (bicyclic) bond motifs is 1. The summed E-state index contributed by atoms with van der Waals surface area (Å²) in [6.45, 7) is 2.08. The molecule has 5 heteroatoms. The van der Waals surface area contributed by atoms with Crippen molar-refractivity contribution in [2.45, 2.75) is 19.5 Å². The Bertz CT molecular complexity index is 1020. The maximum absolute atomic E-state index is 13.3. The highest BCUT2D eigenvalue weighted by Crippen LogP contribution is 2.33. The number of anilines is 2. The molecule has 3 aromatic rings. The SMILES string of the molecule is CC(=O)Nc1ccc([C@@H]2Nc3ccccc3C(=O)N2CCc2ccccc2)cc1. The van der Waals surface area contributed by atoms with Crippen LogP contribution in [0.3, 0.4) is 0 Å². The molecule has 1 aliphatic rings. The molecule has 0 aromatic heterocycles. The monoisotopic (exact) mass is 385 g/mol. The third kappa shape index (κ3) is 4.14. The first-order valence-corrected chi connectivity index (χ1v) is 9.70. The summed E-state index contributed by atoms with van der Waals surface area (Å²) in [6.07, 6.45) is 0.504. The van der Waals surface area contributed by atoms with Gasteiger partial charge < -0.3 is 15.5 Å². The molecule has 0 spiro atoms. The molecule has 0 saturated carbocycles. The number of hydrogen-bond donors (Lipinski definition) is 2. The van der Waals surface area contributed by atoms with Crippen molar-refractivity contribution in [3.05, 3.63) is 95.6 Å². The molecule has 0 bridgehead atoms. The molecular formula is C24H23N3O2. The second kappa shape index (κ2) is 8.19. The number of carbonyl (C=O) groups excluding carboxylic acids is 2. The minimum atomic E-state index is -0.271. The van der Waals surface area contributed by atoms with Gasteiger partial charge in [0.1, 0.15) is 6.17 Å². The quantitative estimate of drug-likeness (QED) is 0.682. The zero-order valence-electron chi connectivity index (χ0n) is 16.3. The van der Waals surface area contributed by atoms with Crippen LogP contribution in [-0.2, 0) is 11.2 Å². The maximum Gasteiger partial charge on any atom is 0.257 e. The zero-order valence-corrected chi connectivity index (χ0v) is 16.3. The van der Waals surface area contributed by atoms with Crippen molar-refractivity contribution in [1.29, 1.82) is 0 Å². The van der Waals surface area contributed by atoms with Crippen molar-refractivity contribution < 1.29 is 9.59 Å². The minimum absolute atomic E-state index is 0.0196. The Morgan fingerprint density at radius 1 is 0.966 bits per heavy atom. The van der Waals surface area contributed by atoms with Crippen LogP contribution < -0.4 is 10.6 Å². The summed E-state index contributed by atoms with van der Waals surface area (Å²) in [5, 5.41) is 6.29. The topological polar surface area (TPSA) is 61.4 Å². The summed E-state index contributed by atoms with van der Waals surface area (Å²) in [7, 11) is 0. The molecule has 0 radical (unpaired) electrons. The number of para-hydroxylation sites is 1. The van der Waals surface area contributed by atoms with Crippen LogP contribution in [0.5, 0.6) is 0 Å². The van der Waals surface area contributed by atoms with Crippen molar-refractivity contribution >= 4 is 23.2 Å². The first-order chi connectivity index (χ1) is 14.1. The van der Waals surface area contributed by atoms with Crippen LogP contribution in [0.1, 0.15) is 34.6 Å². The van der Waals surface area contributed by atoms with Gasteiger partial charge >= 0.3 is 0 Å². The first kappa shape index (κ1) is 18.7. The fraction of sp³-hybridized carbons (Fsp3) is 0.167. The van der Waals surface area contributed by atoms with Crippen molar-refractivity contribution in [1.82, 2.24) is 4.90 Å². The second-order valence-electron chi connectivity index (χ2n) is 7.13. The molecule has 4 rings (SSSR count). The van der Waals surface area contributed by atoms with Gasteiger partial charge in [0.25, 0.3) is 5.91 Å². The Morgan fingerprint density at radius 3 is 2.38 bits per heavy atom. The minimum Gasteiger partial charge on any atom is -0.361 e. The number of carbonyl (C=O) groups is 2. The highest BCUT2D eigenvalue weighted by molar-refractivity contribution is 6.01. The van der Waals surface area contributed by atoms with Crippen molar-refractivity contribution in [3.8, 4) is 0 Å². The average molecular weight is 385 g/mol. The summed E-state index contributed by atoms with van der Waals surface area (Å²) in [4.78, 5) is 26.4. The molecule has 1 heterocycles. The van der Waals surface area contributed by atoms with E-state index in [2.05, 4.69) is 22.8 Å². The van der Waals surface area contributed by atoms with Crippen LogP contribution >= 0.6 is 0 Å². The number of rotatable bonds is 5. The Labute approximate surface area is 170 Å². The normalized spacial score (nSPS) is 15.4. The lowest BCUT2D eigenvalue weighted by molar-refractivity contribution is -0.114. The molecule has 3 aromatic carbocycles. The van der Waals surface area contributed by atoms with E-state index in [9.17, 15) is 9.59 Å². The van der Waals surface area contributed by atoms with Gasteiger partial charge in [0, 0.05) is 24.8 Å². The number of nitrogens with one attached hydrogen (secondary N) is 2. The van der Waals surface area contributed by atoms with E-state index in [1.165, 1.54) is 12.5 Å². The molecule has 1 aliphatic heterocycles. The average Bonchev–Trinajstić information content (AvgIpc) is 2.74. The Balaban J connectivity index is 1.63. The van der Waals surface area contributed by atoms with E-state index < -0.39 is 0 Å². The van der Waals surface area contributed by atoms with Gasteiger partial charge in [-0.2, -0.15) is 0 Å². The Morgan fingerprint density at radius 2 is 1.66 bits per heavy atom.